The molecule has 2 aromatic rings. The largest absolute Gasteiger partial charge is 0.464 e. The Bertz CT molecular complexity index is 961. The number of benzene rings is 1. The van der Waals surface area contributed by atoms with Crippen molar-refractivity contribution in [2.75, 3.05) is 26.3 Å². The third-order valence-corrected chi connectivity index (χ3v) is 6.53. The average Bonchev–Trinajstić information content (AvgIpc) is 3.06. The zero-order chi connectivity index (χ0) is 19.5. The molecule has 1 saturated carbocycles. The predicted molar refractivity (Wildman–Crippen MR) is 104 cm³/mol. The molecule has 6 nitrogen and oxygen atoms in total. The highest BCUT2D eigenvalue weighted by Gasteiger charge is 2.57. The molecule has 3 fully saturated rings. The highest BCUT2D eigenvalue weighted by atomic mass is 16.5. The Morgan fingerprint density at radius 3 is 2.89 bits per heavy atom. The molecule has 2 atom stereocenters. The van der Waals surface area contributed by atoms with Gasteiger partial charge in [-0.25, -0.2) is 0 Å². The maximum absolute atomic E-state index is 13.1. The van der Waals surface area contributed by atoms with Crippen molar-refractivity contribution < 1.29 is 18.7 Å². The van der Waals surface area contributed by atoms with Gasteiger partial charge in [-0.3, -0.25) is 9.59 Å². The summed E-state index contributed by atoms with van der Waals surface area (Å²) in [7, 11) is 0. The lowest BCUT2D eigenvalue weighted by Crippen LogP contribution is -2.47. The first-order valence-corrected chi connectivity index (χ1v) is 10.1. The molecule has 3 heterocycles. The van der Waals surface area contributed by atoms with Crippen molar-refractivity contribution in [3.8, 4) is 0 Å². The van der Waals surface area contributed by atoms with Crippen molar-refractivity contribution in [2.24, 2.45) is 11.3 Å². The molecule has 2 amide bonds. The Hall–Kier alpha value is -2.34. The molecule has 148 valence electrons. The molecule has 5 rings (SSSR count). The standard InChI is InChI=1S/C22H26N2O4/c1-13-5-14(2)20-15(9-28-18(20)6-13)7-19(25)24-8-16-10-27-12-22(16,11-24)21(26)23-17-3-4-17/h5-6,9,16-17H,3-4,7-8,10-12H2,1-2H3,(H,23,26)/t16-,22-/m0/s1. The summed E-state index contributed by atoms with van der Waals surface area (Å²) in [6.07, 6.45) is 4.11. The molecule has 1 aromatic carbocycles. The number of aryl methyl sites for hydroxylation is 2. The third-order valence-electron chi connectivity index (χ3n) is 6.53. The zero-order valence-corrected chi connectivity index (χ0v) is 16.4. The number of likely N-dealkylation sites (tertiary alicyclic amines) is 1. The molecule has 28 heavy (non-hydrogen) atoms. The second-order valence-electron chi connectivity index (χ2n) is 8.78. The van der Waals surface area contributed by atoms with Crippen molar-refractivity contribution in [3.05, 3.63) is 35.1 Å². The Labute approximate surface area is 164 Å². The first kappa shape index (κ1) is 17.7. The van der Waals surface area contributed by atoms with Crippen LogP contribution in [-0.4, -0.2) is 49.1 Å². The van der Waals surface area contributed by atoms with Gasteiger partial charge >= 0.3 is 0 Å². The molecule has 2 saturated heterocycles. The van der Waals surface area contributed by atoms with Crippen LogP contribution in [0.1, 0.15) is 29.5 Å². The number of nitrogens with one attached hydrogen (secondary N) is 1. The summed E-state index contributed by atoms with van der Waals surface area (Å²) in [6.45, 7) is 6.08. The Morgan fingerprint density at radius 1 is 1.29 bits per heavy atom. The van der Waals surface area contributed by atoms with Crippen molar-refractivity contribution in [2.45, 2.75) is 39.2 Å². The lowest BCUT2D eigenvalue weighted by Gasteiger charge is -2.26. The summed E-state index contributed by atoms with van der Waals surface area (Å²) >= 11 is 0. The van der Waals surface area contributed by atoms with Crippen LogP contribution in [0.25, 0.3) is 11.0 Å². The highest BCUT2D eigenvalue weighted by Crippen LogP contribution is 2.42. The maximum atomic E-state index is 13.1. The van der Waals surface area contributed by atoms with Gasteiger partial charge in [0.05, 0.1) is 31.3 Å². The van der Waals surface area contributed by atoms with Gasteiger partial charge in [0.2, 0.25) is 11.8 Å². The second-order valence-corrected chi connectivity index (χ2v) is 8.78. The number of carbonyl (C=O) groups is 2. The number of fused-ring (bicyclic) bond motifs is 2. The van der Waals surface area contributed by atoms with Crippen molar-refractivity contribution >= 4 is 22.8 Å². The Kier molecular flexibility index (Phi) is 4.02. The van der Waals surface area contributed by atoms with Crippen LogP contribution >= 0.6 is 0 Å². The average molecular weight is 382 g/mol. The Balaban J connectivity index is 1.35. The number of furan rings is 1. The van der Waals surface area contributed by atoms with E-state index in [9.17, 15) is 9.59 Å². The van der Waals surface area contributed by atoms with E-state index >= 15 is 0 Å². The normalized spacial score (nSPS) is 26.6. The Morgan fingerprint density at radius 2 is 2.11 bits per heavy atom. The van der Waals surface area contributed by atoms with Crippen LogP contribution in [0.15, 0.2) is 22.8 Å². The van der Waals surface area contributed by atoms with Crippen LogP contribution in [0.3, 0.4) is 0 Å². The summed E-state index contributed by atoms with van der Waals surface area (Å²) in [5.74, 6) is 0.198. The molecule has 0 bridgehead atoms. The molecule has 1 aliphatic carbocycles. The van der Waals surface area contributed by atoms with E-state index in [1.165, 1.54) is 0 Å². The quantitative estimate of drug-likeness (QED) is 0.881. The highest BCUT2D eigenvalue weighted by molar-refractivity contribution is 5.91. The van der Waals surface area contributed by atoms with E-state index in [0.717, 1.165) is 40.5 Å². The minimum atomic E-state index is -0.580. The zero-order valence-electron chi connectivity index (χ0n) is 16.4. The summed E-state index contributed by atoms with van der Waals surface area (Å²) in [4.78, 5) is 27.8. The van der Waals surface area contributed by atoms with Crippen LogP contribution in [0.5, 0.6) is 0 Å². The number of hydrogen-bond donors (Lipinski definition) is 1. The number of amides is 2. The molecule has 1 N–H and O–H groups in total. The fraction of sp³-hybridized carbons (Fsp3) is 0.545. The SMILES string of the molecule is Cc1cc(C)c2c(CC(=O)N3C[C@H]4COC[C@@]4(C(=O)NC4CC4)C3)coc2c1. The van der Waals surface area contributed by atoms with Crippen LogP contribution in [0.4, 0.5) is 0 Å². The summed E-state index contributed by atoms with van der Waals surface area (Å²) in [6, 6.07) is 4.43. The van der Waals surface area contributed by atoms with E-state index in [1.54, 1.807) is 6.26 Å². The fourth-order valence-corrected chi connectivity index (χ4v) is 4.83. The van der Waals surface area contributed by atoms with Gasteiger partial charge in [0, 0.05) is 36.0 Å². The van der Waals surface area contributed by atoms with Crippen LogP contribution < -0.4 is 5.32 Å². The van der Waals surface area contributed by atoms with Gasteiger partial charge in [-0.2, -0.15) is 0 Å². The molecule has 0 spiro atoms. The molecule has 2 aliphatic heterocycles. The van der Waals surface area contributed by atoms with Gasteiger partial charge in [0.15, 0.2) is 0 Å². The van der Waals surface area contributed by atoms with E-state index < -0.39 is 5.41 Å². The second kappa shape index (κ2) is 6.34. The number of rotatable bonds is 4. The number of ether oxygens (including phenoxy) is 1. The molecule has 1 aromatic heterocycles. The number of hydrogen-bond acceptors (Lipinski definition) is 4. The maximum Gasteiger partial charge on any atom is 0.231 e. The van der Waals surface area contributed by atoms with E-state index in [2.05, 4.69) is 11.4 Å². The first-order chi connectivity index (χ1) is 13.5. The molecule has 6 heteroatoms. The van der Waals surface area contributed by atoms with Gasteiger partial charge in [0.25, 0.3) is 0 Å². The van der Waals surface area contributed by atoms with Gasteiger partial charge in [0.1, 0.15) is 5.58 Å². The topological polar surface area (TPSA) is 71.8 Å². The van der Waals surface area contributed by atoms with E-state index in [0.29, 0.717) is 38.8 Å². The fourth-order valence-electron chi connectivity index (χ4n) is 4.83. The smallest absolute Gasteiger partial charge is 0.231 e. The van der Waals surface area contributed by atoms with E-state index in [-0.39, 0.29) is 17.7 Å². The summed E-state index contributed by atoms with van der Waals surface area (Å²) < 4.78 is 11.3. The van der Waals surface area contributed by atoms with Crippen LogP contribution in [-0.2, 0) is 20.7 Å². The van der Waals surface area contributed by atoms with Crippen molar-refractivity contribution in [3.63, 3.8) is 0 Å². The van der Waals surface area contributed by atoms with E-state index in [1.807, 2.05) is 24.8 Å². The lowest BCUT2D eigenvalue weighted by atomic mass is 9.80. The van der Waals surface area contributed by atoms with E-state index in [4.69, 9.17) is 9.15 Å². The number of carbonyl (C=O) groups excluding carboxylic acids is 2. The third kappa shape index (κ3) is 2.82. The number of nitrogens with zero attached hydrogens (tertiary/aromatic N) is 1. The predicted octanol–water partition coefficient (Wildman–Crippen LogP) is 2.35. The van der Waals surface area contributed by atoms with Crippen molar-refractivity contribution in [1.29, 1.82) is 0 Å². The summed E-state index contributed by atoms with van der Waals surface area (Å²) in [5.41, 5.74) is 3.44. The van der Waals surface area contributed by atoms with Gasteiger partial charge in [-0.1, -0.05) is 6.07 Å². The monoisotopic (exact) mass is 382 g/mol. The van der Waals surface area contributed by atoms with Crippen molar-refractivity contribution in [1.82, 2.24) is 10.2 Å². The lowest BCUT2D eigenvalue weighted by molar-refractivity contribution is -0.133. The molecule has 3 aliphatic rings. The molecular formula is C22H26N2O4. The molecule has 0 radical (unpaired) electrons. The van der Waals surface area contributed by atoms with Gasteiger partial charge in [-0.15, -0.1) is 0 Å². The van der Waals surface area contributed by atoms with Crippen LogP contribution in [0.2, 0.25) is 0 Å². The minimum Gasteiger partial charge on any atom is -0.464 e. The van der Waals surface area contributed by atoms with Gasteiger partial charge in [-0.05, 0) is 43.9 Å². The molecular weight excluding hydrogens is 356 g/mol. The first-order valence-electron chi connectivity index (χ1n) is 10.1. The summed E-state index contributed by atoms with van der Waals surface area (Å²) in [5, 5.41) is 4.16. The minimum absolute atomic E-state index is 0.0515. The molecule has 0 unspecified atom stereocenters. The van der Waals surface area contributed by atoms with Crippen LogP contribution in [0, 0.1) is 25.2 Å². The van der Waals surface area contributed by atoms with Gasteiger partial charge < -0.3 is 19.4 Å².